The van der Waals surface area contributed by atoms with E-state index in [1.54, 1.807) is 48.4 Å². The third kappa shape index (κ3) is 4.85. The molecular weight excluding hydrogens is 395 g/mol. The SMILES string of the molecule is Cc1cc(C2CC(C(=O)NCc3ccco3)CN(C(=O)c3ccccc3)C2)ccc1F. The van der Waals surface area contributed by atoms with Crippen molar-refractivity contribution in [1.29, 1.82) is 0 Å². The molecule has 1 saturated heterocycles. The maximum absolute atomic E-state index is 13.8. The van der Waals surface area contributed by atoms with Crippen molar-refractivity contribution < 1.29 is 18.4 Å². The lowest BCUT2D eigenvalue weighted by atomic mass is 9.83. The minimum absolute atomic E-state index is 0.0555. The molecule has 1 aromatic heterocycles. The standard InChI is InChI=1S/C25H25FN2O3/c1-17-12-19(9-10-23(17)26)20-13-21(24(29)27-14-22-8-5-11-31-22)16-28(15-20)25(30)18-6-3-2-4-7-18/h2-12,20-21H,13-16H2,1H3,(H,27,29). The molecule has 160 valence electrons. The Hall–Kier alpha value is -3.41. The van der Waals surface area contributed by atoms with Crippen molar-refractivity contribution in [3.63, 3.8) is 0 Å². The molecule has 2 amide bonds. The topological polar surface area (TPSA) is 62.6 Å². The van der Waals surface area contributed by atoms with Gasteiger partial charge in [0.05, 0.1) is 18.7 Å². The normalized spacial score (nSPS) is 18.6. The second-order valence-corrected chi connectivity index (χ2v) is 8.01. The number of likely N-dealkylation sites (tertiary alicyclic amines) is 1. The summed E-state index contributed by atoms with van der Waals surface area (Å²) in [5.41, 5.74) is 2.09. The van der Waals surface area contributed by atoms with Crippen LogP contribution in [0, 0.1) is 18.7 Å². The molecule has 4 rings (SSSR count). The molecule has 1 N–H and O–H groups in total. The zero-order chi connectivity index (χ0) is 21.8. The summed E-state index contributed by atoms with van der Waals surface area (Å²) in [4.78, 5) is 27.8. The number of benzene rings is 2. The van der Waals surface area contributed by atoms with Gasteiger partial charge in [-0.2, -0.15) is 0 Å². The summed E-state index contributed by atoms with van der Waals surface area (Å²) < 4.78 is 19.1. The van der Waals surface area contributed by atoms with Crippen molar-refractivity contribution in [3.05, 3.63) is 95.2 Å². The summed E-state index contributed by atoms with van der Waals surface area (Å²) in [6, 6.07) is 17.7. The number of hydrogen-bond donors (Lipinski definition) is 1. The molecule has 0 aliphatic carbocycles. The monoisotopic (exact) mass is 420 g/mol. The zero-order valence-electron chi connectivity index (χ0n) is 17.4. The second-order valence-electron chi connectivity index (χ2n) is 8.01. The van der Waals surface area contributed by atoms with Crippen LogP contribution < -0.4 is 5.32 Å². The minimum atomic E-state index is -0.369. The molecule has 6 heteroatoms. The number of nitrogens with one attached hydrogen (secondary N) is 1. The second kappa shape index (κ2) is 9.16. The molecule has 0 spiro atoms. The van der Waals surface area contributed by atoms with Crippen LogP contribution in [0.3, 0.4) is 0 Å². The average molecular weight is 420 g/mol. The maximum Gasteiger partial charge on any atom is 0.253 e. The predicted molar refractivity (Wildman–Crippen MR) is 115 cm³/mol. The largest absolute Gasteiger partial charge is 0.467 e. The van der Waals surface area contributed by atoms with Crippen LogP contribution in [-0.4, -0.2) is 29.8 Å². The molecule has 0 bridgehead atoms. The van der Waals surface area contributed by atoms with Gasteiger partial charge >= 0.3 is 0 Å². The highest BCUT2D eigenvalue weighted by Crippen LogP contribution is 2.32. The van der Waals surface area contributed by atoms with Crippen LogP contribution in [0.4, 0.5) is 4.39 Å². The van der Waals surface area contributed by atoms with Crippen LogP contribution in [0.2, 0.25) is 0 Å². The fourth-order valence-electron chi connectivity index (χ4n) is 4.11. The van der Waals surface area contributed by atoms with Gasteiger partial charge in [-0.25, -0.2) is 4.39 Å². The predicted octanol–water partition coefficient (Wildman–Crippen LogP) is 4.29. The number of rotatable bonds is 5. The van der Waals surface area contributed by atoms with Gasteiger partial charge in [-0.05, 0) is 54.8 Å². The molecule has 1 fully saturated rings. The Morgan fingerprint density at radius 2 is 1.90 bits per heavy atom. The fraction of sp³-hybridized carbons (Fsp3) is 0.280. The Balaban J connectivity index is 1.55. The Labute approximate surface area is 180 Å². The molecule has 2 aromatic carbocycles. The van der Waals surface area contributed by atoms with E-state index in [4.69, 9.17) is 4.42 Å². The number of carbonyl (C=O) groups excluding carboxylic acids is 2. The van der Waals surface area contributed by atoms with Crippen molar-refractivity contribution in [1.82, 2.24) is 10.2 Å². The number of amides is 2. The molecule has 0 saturated carbocycles. The molecule has 5 nitrogen and oxygen atoms in total. The minimum Gasteiger partial charge on any atom is -0.467 e. The van der Waals surface area contributed by atoms with E-state index in [1.807, 2.05) is 24.3 Å². The van der Waals surface area contributed by atoms with Gasteiger partial charge in [0.15, 0.2) is 0 Å². The molecular formula is C25H25FN2O3. The summed E-state index contributed by atoms with van der Waals surface area (Å²) >= 11 is 0. The third-order valence-electron chi connectivity index (χ3n) is 5.80. The van der Waals surface area contributed by atoms with Gasteiger partial charge in [-0.1, -0.05) is 30.3 Å². The van der Waals surface area contributed by atoms with Gasteiger partial charge in [-0.15, -0.1) is 0 Å². The number of piperidine rings is 1. The molecule has 1 aliphatic heterocycles. The van der Waals surface area contributed by atoms with E-state index in [1.165, 1.54) is 6.07 Å². The van der Waals surface area contributed by atoms with Gasteiger partial charge in [0.25, 0.3) is 5.91 Å². The van der Waals surface area contributed by atoms with E-state index in [0.717, 1.165) is 5.56 Å². The van der Waals surface area contributed by atoms with Crippen LogP contribution in [0.1, 0.15) is 39.6 Å². The van der Waals surface area contributed by atoms with Gasteiger partial charge in [0.1, 0.15) is 11.6 Å². The molecule has 1 aliphatic rings. The first kappa shape index (κ1) is 20.8. The lowest BCUT2D eigenvalue weighted by Gasteiger charge is -2.37. The highest BCUT2D eigenvalue weighted by atomic mass is 19.1. The Bertz CT molecular complexity index is 1050. The lowest BCUT2D eigenvalue weighted by Crippen LogP contribution is -2.48. The Morgan fingerprint density at radius 1 is 1.10 bits per heavy atom. The van der Waals surface area contributed by atoms with Crippen molar-refractivity contribution in [2.24, 2.45) is 5.92 Å². The molecule has 2 atom stereocenters. The lowest BCUT2D eigenvalue weighted by molar-refractivity contribution is -0.126. The number of aryl methyl sites for hydroxylation is 1. The smallest absolute Gasteiger partial charge is 0.253 e. The number of nitrogens with zero attached hydrogens (tertiary/aromatic N) is 1. The summed E-state index contributed by atoms with van der Waals surface area (Å²) in [6.07, 6.45) is 2.16. The van der Waals surface area contributed by atoms with Crippen molar-refractivity contribution in [2.75, 3.05) is 13.1 Å². The summed E-state index contributed by atoms with van der Waals surface area (Å²) in [5, 5.41) is 2.92. The van der Waals surface area contributed by atoms with Crippen LogP contribution >= 0.6 is 0 Å². The van der Waals surface area contributed by atoms with E-state index < -0.39 is 0 Å². The fourth-order valence-corrected chi connectivity index (χ4v) is 4.11. The highest BCUT2D eigenvalue weighted by molar-refractivity contribution is 5.94. The molecule has 0 radical (unpaired) electrons. The Morgan fingerprint density at radius 3 is 2.61 bits per heavy atom. The van der Waals surface area contributed by atoms with E-state index in [9.17, 15) is 14.0 Å². The van der Waals surface area contributed by atoms with Crippen LogP contribution in [0.15, 0.2) is 71.3 Å². The summed E-state index contributed by atoms with van der Waals surface area (Å²) in [5.74, 6) is -0.234. The molecule has 3 aromatic rings. The highest BCUT2D eigenvalue weighted by Gasteiger charge is 2.35. The molecule has 31 heavy (non-hydrogen) atoms. The first-order valence-electron chi connectivity index (χ1n) is 10.4. The van der Waals surface area contributed by atoms with E-state index in [2.05, 4.69) is 5.32 Å². The van der Waals surface area contributed by atoms with Gasteiger partial charge in [0.2, 0.25) is 5.91 Å². The van der Waals surface area contributed by atoms with Crippen LogP contribution in [0.5, 0.6) is 0 Å². The van der Waals surface area contributed by atoms with Crippen molar-refractivity contribution >= 4 is 11.8 Å². The maximum atomic E-state index is 13.8. The van der Waals surface area contributed by atoms with Crippen LogP contribution in [-0.2, 0) is 11.3 Å². The van der Waals surface area contributed by atoms with Crippen molar-refractivity contribution in [3.8, 4) is 0 Å². The van der Waals surface area contributed by atoms with Gasteiger partial charge in [-0.3, -0.25) is 9.59 Å². The number of furan rings is 1. The first-order valence-corrected chi connectivity index (χ1v) is 10.4. The first-order chi connectivity index (χ1) is 15.0. The van der Waals surface area contributed by atoms with E-state index in [0.29, 0.717) is 42.9 Å². The van der Waals surface area contributed by atoms with Crippen LogP contribution in [0.25, 0.3) is 0 Å². The molecule has 2 heterocycles. The van der Waals surface area contributed by atoms with Gasteiger partial charge in [0, 0.05) is 24.6 Å². The number of hydrogen-bond acceptors (Lipinski definition) is 3. The average Bonchev–Trinajstić information content (AvgIpc) is 3.33. The number of halogens is 1. The third-order valence-corrected chi connectivity index (χ3v) is 5.80. The molecule has 2 unspecified atom stereocenters. The summed E-state index contributed by atoms with van der Waals surface area (Å²) in [7, 11) is 0. The van der Waals surface area contributed by atoms with E-state index in [-0.39, 0.29) is 29.5 Å². The number of carbonyl (C=O) groups is 2. The quantitative estimate of drug-likeness (QED) is 0.670. The van der Waals surface area contributed by atoms with Crippen molar-refractivity contribution in [2.45, 2.75) is 25.8 Å². The summed E-state index contributed by atoms with van der Waals surface area (Å²) in [6.45, 7) is 2.85. The van der Waals surface area contributed by atoms with Gasteiger partial charge < -0.3 is 14.6 Å². The zero-order valence-corrected chi connectivity index (χ0v) is 17.4. The Kier molecular flexibility index (Phi) is 6.16. The van der Waals surface area contributed by atoms with E-state index >= 15 is 0 Å².